The summed E-state index contributed by atoms with van der Waals surface area (Å²) in [6.45, 7) is 7.58. The molecule has 26 heavy (non-hydrogen) atoms. The van der Waals surface area contributed by atoms with Crippen LogP contribution >= 0.6 is 11.8 Å². The van der Waals surface area contributed by atoms with Crippen LogP contribution in [0.15, 0.2) is 54.6 Å². The van der Waals surface area contributed by atoms with Crippen molar-refractivity contribution in [1.82, 2.24) is 4.90 Å². The van der Waals surface area contributed by atoms with Gasteiger partial charge in [0.05, 0.1) is 4.87 Å². The molecule has 1 atom stereocenters. The maximum atomic E-state index is 13.5. The summed E-state index contributed by atoms with van der Waals surface area (Å²) in [7, 11) is 0. The Morgan fingerprint density at radius 3 is 2.15 bits per heavy atom. The van der Waals surface area contributed by atoms with Crippen LogP contribution in [0.4, 0.5) is 0 Å². The molecule has 0 saturated carbocycles. The molecule has 1 heterocycles. The van der Waals surface area contributed by atoms with E-state index >= 15 is 0 Å². The Bertz CT molecular complexity index is 845. The topological polar surface area (TPSA) is 57.6 Å². The van der Waals surface area contributed by atoms with E-state index in [1.54, 1.807) is 6.07 Å². The van der Waals surface area contributed by atoms with Crippen LogP contribution < -0.4 is 0 Å². The van der Waals surface area contributed by atoms with E-state index in [0.29, 0.717) is 5.56 Å². The molecule has 0 unspecified atom stereocenters. The van der Waals surface area contributed by atoms with E-state index in [-0.39, 0.29) is 5.91 Å². The SMILES string of the molecule is CC1(C)SC(C)(C)N(C(=O)c2ccccc2-c2ccccc2)[C@H]1C(=O)O. The summed E-state index contributed by atoms with van der Waals surface area (Å²) >= 11 is 1.52. The molecule has 0 bridgehead atoms. The van der Waals surface area contributed by atoms with Gasteiger partial charge in [-0.3, -0.25) is 4.79 Å². The van der Waals surface area contributed by atoms with Crippen LogP contribution in [0.3, 0.4) is 0 Å². The van der Waals surface area contributed by atoms with E-state index in [9.17, 15) is 14.7 Å². The van der Waals surface area contributed by atoms with Gasteiger partial charge in [0.25, 0.3) is 5.91 Å². The molecule has 0 spiro atoms. The normalized spacial score (nSPS) is 20.8. The van der Waals surface area contributed by atoms with Gasteiger partial charge in [0, 0.05) is 10.3 Å². The summed E-state index contributed by atoms with van der Waals surface area (Å²) in [6.07, 6.45) is 0. The summed E-state index contributed by atoms with van der Waals surface area (Å²) in [5.41, 5.74) is 2.27. The lowest BCUT2D eigenvalue weighted by molar-refractivity contribution is -0.143. The Kier molecular flexibility index (Phi) is 4.61. The summed E-state index contributed by atoms with van der Waals surface area (Å²) in [4.78, 5) is 26.4. The van der Waals surface area contributed by atoms with Crippen LogP contribution in [-0.4, -0.2) is 37.5 Å². The van der Waals surface area contributed by atoms with Crippen LogP contribution in [0.5, 0.6) is 0 Å². The van der Waals surface area contributed by atoms with Gasteiger partial charge in [-0.2, -0.15) is 0 Å². The summed E-state index contributed by atoms with van der Waals surface area (Å²) < 4.78 is -0.577. The van der Waals surface area contributed by atoms with Crippen molar-refractivity contribution in [2.24, 2.45) is 0 Å². The molecule has 0 aliphatic carbocycles. The first-order chi connectivity index (χ1) is 12.1. The van der Waals surface area contributed by atoms with E-state index in [0.717, 1.165) is 11.1 Å². The zero-order chi connectivity index (χ0) is 19.1. The Morgan fingerprint density at radius 2 is 1.54 bits per heavy atom. The number of nitrogens with zero attached hydrogens (tertiary/aromatic N) is 1. The zero-order valence-corrected chi connectivity index (χ0v) is 16.2. The number of hydrogen-bond donors (Lipinski definition) is 1. The smallest absolute Gasteiger partial charge is 0.327 e. The maximum Gasteiger partial charge on any atom is 0.327 e. The second kappa shape index (κ2) is 6.47. The summed E-state index contributed by atoms with van der Waals surface area (Å²) in [5, 5.41) is 9.83. The number of carbonyl (C=O) groups is 2. The predicted molar refractivity (Wildman–Crippen MR) is 105 cm³/mol. The monoisotopic (exact) mass is 369 g/mol. The van der Waals surface area contributed by atoms with E-state index in [1.165, 1.54) is 16.7 Å². The van der Waals surface area contributed by atoms with Crippen molar-refractivity contribution in [3.8, 4) is 11.1 Å². The van der Waals surface area contributed by atoms with Gasteiger partial charge in [0.1, 0.15) is 6.04 Å². The molecule has 1 aliphatic heterocycles. The van der Waals surface area contributed by atoms with E-state index < -0.39 is 21.6 Å². The third-order valence-electron chi connectivity index (χ3n) is 4.70. The van der Waals surface area contributed by atoms with Crippen molar-refractivity contribution in [2.45, 2.75) is 43.4 Å². The largest absolute Gasteiger partial charge is 0.480 e. The summed E-state index contributed by atoms with van der Waals surface area (Å²) in [5.74, 6) is -1.22. The third kappa shape index (κ3) is 3.12. The van der Waals surface area contributed by atoms with Crippen LogP contribution in [0.2, 0.25) is 0 Å². The zero-order valence-electron chi connectivity index (χ0n) is 15.4. The van der Waals surface area contributed by atoms with Crippen LogP contribution in [0.1, 0.15) is 38.1 Å². The van der Waals surface area contributed by atoms with Crippen molar-refractivity contribution in [3.05, 3.63) is 60.2 Å². The Hall–Kier alpha value is -2.27. The molecule has 4 nitrogen and oxygen atoms in total. The average Bonchev–Trinajstić information content (AvgIpc) is 2.78. The Balaban J connectivity index is 2.11. The summed E-state index contributed by atoms with van der Waals surface area (Å²) in [6, 6.07) is 16.2. The molecule has 1 N–H and O–H groups in total. The number of amides is 1. The molecule has 2 aromatic rings. The lowest BCUT2D eigenvalue weighted by Gasteiger charge is -2.34. The fourth-order valence-electron chi connectivity index (χ4n) is 3.81. The maximum absolute atomic E-state index is 13.5. The molecule has 1 fully saturated rings. The van der Waals surface area contributed by atoms with Gasteiger partial charge in [0.2, 0.25) is 0 Å². The highest BCUT2D eigenvalue weighted by atomic mass is 32.2. The number of thioether (sulfide) groups is 1. The highest BCUT2D eigenvalue weighted by molar-refractivity contribution is 8.02. The number of aliphatic carboxylic acids is 1. The molecule has 5 heteroatoms. The number of benzene rings is 2. The van der Waals surface area contributed by atoms with Gasteiger partial charge >= 0.3 is 5.97 Å². The number of hydrogen-bond acceptors (Lipinski definition) is 3. The Labute approximate surface area is 158 Å². The van der Waals surface area contributed by atoms with Crippen molar-refractivity contribution in [2.75, 3.05) is 0 Å². The van der Waals surface area contributed by atoms with Crippen molar-refractivity contribution in [3.63, 3.8) is 0 Å². The van der Waals surface area contributed by atoms with Crippen molar-refractivity contribution >= 4 is 23.6 Å². The highest BCUT2D eigenvalue weighted by Gasteiger charge is 2.57. The van der Waals surface area contributed by atoms with Crippen LogP contribution in [-0.2, 0) is 4.79 Å². The molecule has 1 aliphatic rings. The van der Waals surface area contributed by atoms with Gasteiger partial charge < -0.3 is 10.0 Å². The lowest BCUT2D eigenvalue weighted by Crippen LogP contribution is -2.53. The number of carbonyl (C=O) groups excluding carboxylic acids is 1. The lowest BCUT2D eigenvalue weighted by atomic mass is 9.95. The molecule has 1 saturated heterocycles. The minimum absolute atomic E-state index is 0.250. The molecule has 0 aromatic heterocycles. The minimum atomic E-state index is -0.974. The van der Waals surface area contributed by atoms with Gasteiger partial charge in [0.15, 0.2) is 0 Å². The van der Waals surface area contributed by atoms with Crippen LogP contribution in [0, 0.1) is 0 Å². The molecule has 0 radical (unpaired) electrons. The minimum Gasteiger partial charge on any atom is -0.480 e. The van der Waals surface area contributed by atoms with Crippen molar-refractivity contribution in [1.29, 1.82) is 0 Å². The first kappa shape index (κ1) is 18.5. The quantitative estimate of drug-likeness (QED) is 0.865. The van der Waals surface area contributed by atoms with E-state index in [1.807, 2.05) is 76.2 Å². The third-order valence-corrected chi connectivity index (χ3v) is 6.15. The molecular weight excluding hydrogens is 346 g/mol. The average molecular weight is 369 g/mol. The van der Waals surface area contributed by atoms with Gasteiger partial charge in [-0.25, -0.2) is 4.79 Å². The second-order valence-electron chi connectivity index (χ2n) is 7.48. The molecule has 136 valence electrons. The van der Waals surface area contributed by atoms with Gasteiger partial charge in [-0.15, -0.1) is 11.8 Å². The number of carboxylic acids is 1. The molecule has 1 amide bonds. The van der Waals surface area contributed by atoms with Gasteiger partial charge in [-0.1, -0.05) is 48.5 Å². The fourth-order valence-corrected chi connectivity index (χ4v) is 5.70. The second-order valence-corrected chi connectivity index (χ2v) is 9.74. The predicted octanol–water partition coefficient (Wildman–Crippen LogP) is 4.51. The van der Waals surface area contributed by atoms with E-state index in [2.05, 4.69) is 0 Å². The highest BCUT2D eigenvalue weighted by Crippen LogP contribution is 2.51. The molecule has 3 rings (SSSR count). The Morgan fingerprint density at radius 1 is 0.962 bits per heavy atom. The first-order valence-corrected chi connectivity index (χ1v) is 9.38. The number of carboxylic acid groups (broad SMARTS) is 1. The molecular formula is C21H23NO3S. The number of rotatable bonds is 3. The molecule has 2 aromatic carbocycles. The fraction of sp³-hybridized carbons (Fsp3) is 0.333. The van der Waals surface area contributed by atoms with Gasteiger partial charge in [-0.05, 0) is 44.9 Å². The van der Waals surface area contributed by atoms with Crippen molar-refractivity contribution < 1.29 is 14.7 Å². The van der Waals surface area contributed by atoms with E-state index in [4.69, 9.17) is 0 Å². The van der Waals surface area contributed by atoms with Crippen LogP contribution in [0.25, 0.3) is 11.1 Å². The first-order valence-electron chi connectivity index (χ1n) is 8.56. The standard InChI is InChI=1S/C21H23NO3S/c1-20(2)17(19(24)25)22(21(3,4)26-20)18(23)16-13-9-8-12-15(16)14-10-6-5-7-11-14/h5-13,17H,1-4H3,(H,24,25)/t17-/m0/s1.